The smallest absolute Gasteiger partial charge is 0.418 e. The summed E-state index contributed by atoms with van der Waals surface area (Å²) in [5, 5.41) is 1.30. The van der Waals surface area contributed by atoms with Gasteiger partial charge in [0.1, 0.15) is 5.60 Å². The molecule has 1 heterocycles. The van der Waals surface area contributed by atoms with Crippen molar-refractivity contribution in [2.24, 2.45) is 0 Å². The number of nitrogens with zero attached hydrogens (tertiary/aromatic N) is 1. The van der Waals surface area contributed by atoms with Crippen molar-refractivity contribution in [2.45, 2.75) is 32.8 Å². The molecule has 0 aliphatic rings. The summed E-state index contributed by atoms with van der Waals surface area (Å²) in [6.45, 7) is 5.30. The Bertz CT molecular complexity index is 611. The van der Waals surface area contributed by atoms with Gasteiger partial charge in [-0.1, -0.05) is 12.1 Å². The van der Waals surface area contributed by atoms with Gasteiger partial charge in [-0.05, 0) is 32.2 Å². The monoisotopic (exact) mass is 267 g/mol. The van der Waals surface area contributed by atoms with E-state index in [9.17, 15) is 13.6 Å². The van der Waals surface area contributed by atoms with Crippen LogP contribution in [-0.2, 0) is 4.74 Å². The van der Waals surface area contributed by atoms with Crippen LogP contribution < -0.4 is 0 Å². The minimum atomic E-state index is -2.52. The molecule has 0 atom stereocenters. The lowest BCUT2D eigenvalue weighted by atomic mass is 10.1. The van der Waals surface area contributed by atoms with Gasteiger partial charge in [-0.15, -0.1) is 0 Å². The van der Waals surface area contributed by atoms with Crippen molar-refractivity contribution in [3.05, 3.63) is 36.2 Å². The van der Waals surface area contributed by atoms with Gasteiger partial charge in [-0.2, -0.15) is 0 Å². The molecule has 1 aromatic carbocycles. The number of rotatable bonds is 1. The van der Waals surface area contributed by atoms with Crippen molar-refractivity contribution in [1.82, 2.24) is 4.57 Å². The molecule has 0 aliphatic carbocycles. The van der Waals surface area contributed by atoms with E-state index in [1.54, 1.807) is 33.0 Å². The molecule has 3 nitrogen and oxygen atoms in total. The fraction of sp³-hybridized carbons (Fsp3) is 0.357. The highest BCUT2D eigenvalue weighted by Crippen LogP contribution is 2.24. The SMILES string of the molecule is CC(C)(C)OC(=O)n1cc2ccc(C(F)F)cc2c1. The highest BCUT2D eigenvalue weighted by molar-refractivity contribution is 5.87. The van der Waals surface area contributed by atoms with E-state index in [4.69, 9.17) is 4.74 Å². The normalized spacial score (nSPS) is 12.1. The van der Waals surface area contributed by atoms with Crippen LogP contribution in [0.2, 0.25) is 0 Å². The second kappa shape index (κ2) is 4.64. The maximum absolute atomic E-state index is 12.6. The van der Waals surface area contributed by atoms with E-state index in [0.717, 1.165) is 5.39 Å². The van der Waals surface area contributed by atoms with Crippen LogP contribution in [0.15, 0.2) is 30.6 Å². The molecule has 0 unspecified atom stereocenters. The fourth-order valence-corrected chi connectivity index (χ4v) is 1.72. The molecule has 0 saturated heterocycles. The van der Waals surface area contributed by atoms with Gasteiger partial charge in [0, 0.05) is 23.3 Å². The molecule has 0 aliphatic heterocycles. The van der Waals surface area contributed by atoms with Crippen LogP contribution in [0.5, 0.6) is 0 Å². The lowest BCUT2D eigenvalue weighted by Gasteiger charge is -2.19. The number of halogens is 2. The summed E-state index contributed by atoms with van der Waals surface area (Å²) >= 11 is 0. The predicted octanol–water partition coefficient (Wildman–Crippen LogP) is 4.36. The first-order valence-corrected chi connectivity index (χ1v) is 5.89. The summed E-state index contributed by atoms with van der Waals surface area (Å²) < 4.78 is 31.6. The summed E-state index contributed by atoms with van der Waals surface area (Å²) in [6.07, 6.45) is 0.0186. The van der Waals surface area contributed by atoms with E-state index in [1.807, 2.05) is 0 Å². The maximum Gasteiger partial charge on any atom is 0.418 e. The minimum Gasteiger partial charge on any atom is -0.443 e. The number of ether oxygens (including phenoxy) is 1. The standard InChI is InChI=1S/C14H15F2NO2/c1-14(2,3)19-13(18)17-7-10-5-4-9(12(15)16)6-11(10)8-17/h4-8,12H,1-3H3. The molecule has 0 N–H and O–H groups in total. The zero-order valence-electron chi connectivity index (χ0n) is 11.0. The maximum atomic E-state index is 12.6. The van der Waals surface area contributed by atoms with Gasteiger partial charge in [0.2, 0.25) is 0 Å². The number of carbonyl (C=O) groups excluding carboxylic acids is 1. The molecule has 0 spiro atoms. The van der Waals surface area contributed by atoms with E-state index in [2.05, 4.69) is 0 Å². The number of benzene rings is 1. The molecule has 2 aromatic rings. The molecule has 1 aromatic heterocycles. The molecule has 5 heteroatoms. The Morgan fingerprint density at radius 2 is 1.84 bits per heavy atom. The van der Waals surface area contributed by atoms with Gasteiger partial charge >= 0.3 is 6.09 Å². The number of fused-ring (bicyclic) bond motifs is 1. The molecule has 0 bridgehead atoms. The lowest BCUT2D eigenvalue weighted by Crippen LogP contribution is -2.26. The lowest BCUT2D eigenvalue weighted by molar-refractivity contribution is 0.0538. The van der Waals surface area contributed by atoms with Gasteiger partial charge in [0.15, 0.2) is 0 Å². The molecule has 102 valence electrons. The number of hydrogen-bond donors (Lipinski definition) is 0. The predicted molar refractivity (Wildman–Crippen MR) is 68.5 cm³/mol. The molecular formula is C14H15F2NO2. The summed E-state index contributed by atoms with van der Waals surface area (Å²) in [7, 11) is 0. The number of carbonyl (C=O) groups is 1. The third-order valence-corrected chi connectivity index (χ3v) is 2.52. The van der Waals surface area contributed by atoms with E-state index in [0.29, 0.717) is 5.39 Å². The van der Waals surface area contributed by atoms with Crippen molar-refractivity contribution in [1.29, 1.82) is 0 Å². The van der Waals surface area contributed by atoms with Crippen LogP contribution in [0, 0.1) is 0 Å². The number of hydrogen-bond acceptors (Lipinski definition) is 2. The molecule has 0 saturated carbocycles. The van der Waals surface area contributed by atoms with Gasteiger partial charge in [-0.25, -0.2) is 13.6 Å². The largest absolute Gasteiger partial charge is 0.443 e. The Kier molecular flexibility index (Phi) is 3.30. The molecule has 2 rings (SSSR count). The first-order chi connectivity index (χ1) is 8.76. The molecular weight excluding hydrogens is 252 g/mol. The Morgan fingerprint density at radius 3 is 2.42 bits per heavy atom. The molecule has 0 fully saturated rings. The molecule has 0 amide bonds. The zero-order chi connectivity index (χ0) is 14.2. The van der Waals surface area contributed by atoms with Gasteiger partial charge in [-0.3, -0.25) is 4.57 Å². The summed E-state index contributed by atoms with van der Waals surface area (Å²) in [5.41, 5.74) is -0.656. The van der Waals surface area contributed by atoms with Crippen LogP contribution in [0.25, 0.3) is 10.8 Å². The summed E-state index contributed by atoms with van der Waals surface area (Å²) in [6, 6.07) is 4.30. The quantitative estimate of drug-likeness (QED) is 0.768. The average Bonchev–Trinajstić information content (AvgIpc) is 2.68. The Labute approximate surface area is 109 Å². The zero-order valence-corrected chi connectivity index (χ0v) is 11.0. The van der Waals surface area contributed by atoms with Crippen LogP contribution in [0.4, 0.5) is 13.6 Å². The highest BCUT2D eigenvalue weighted by atomic mass is 19.3. The van der Waals surface area contributed by atoms with E-state index in [-0.39, 0.29) is 5.56 Å². The van der Waals surface area contributed by atoms with Crippen molar-refractivity contribution in [3.63, 3.8) is 0 Å². The second-order valence-corrected chi connectivity index (χ2v) is 5.33. The number of aromatic nitrogens is 1. The van der Waals surface area contributed by atoms with Crippen molar-refractivity contribution in [3.8, 4) is 0 Å². The van der Waals surface area contributed by atoms with Gasteiger partial charge in [0.05, 0.1) is 0 Å². The average molecular weight is 267 g/mol. The van der Waals surface area contributed by atoms with Crippen LogP contribution in [0.1, 0.15) is 32.8 Å². The highest BCUT2D eigenvalue weighted by Gasteiger charge is 2.18. The topological polar surface area (TPSA) is 31.2 Å². The minimum absolute atomic E-state index is 0.0607. The Morgan fingerprint density at radius 1 is 1.21 bits per heavy atom. The number of alkyl halides is 2. The Hall–Kier alpha value is -1.91. The van der Waals surface area contributed by atoms with Gasteiger partial charge < -0.3 is 4.74 Å². The van der Waals surface area contributed by atoms with Crippen LogP contribution in [-0.4, -0.2) is 16.3 Å². The first kappa shape index (κ1) is 13.5. The third-order valence-electron chi connectivity index (χ3n) is 2.52. The summed E-state index contributed by atoms with van der Waals surface area (Å²) in [4.78, 5) is 11.8. The van der Waals surface area contributed by atoms with E-state index < -0.39 is 18.1 Å². The van der Waals surface area contributed by atoms with Crippen LogP contribution >= 0.6 is 0 Å². The second-order valence-electron chi connectivity index (χ2n) is 5.33. The van der Waals surface area contributed by atoms with E-state index >= 15 is 0 Å². The Balaban J connectivity index is 2.34. The van der Waals surface area contributed by atoms with Crippen molar-refractivity contribution in [2.75, 3.05) is 0 Å². The fourth-order valence-electron chi connectivity index (χ4n) is 1.72. The first-order valence-electron chi connectivity index (χ1n) is 5.89. The van der Waals surface area contributed by atoms with E-state index in [1.165, 1.54) is 22.9 Å². The van der Waals surface area contributed by atoms with Crippen molar-refractivity contribution < 1.29 is 18.3 Å². The third kappa shape index (κ3) is 3.10. The molecule has 0 radical (unpaired) electrons. The molecule has 19 heavy (non-hydrogen) atoms. The summed E-state index contributed by atoms with van der Waals surface area (Å²) in [5.74, 6) is 0. The van der Waals surface area contributed by atoms with Gasteiger partial charge in [0.25, 0.3) is 6.43 Å². The van der Waals surface area contributed by atoms with Crippen molar-refractivity contribution >= 4 is 16.9 Å². The van der Waals surface area contributed by atoms with Crippen LogP contribution in [0.3, 0.4) is 0 Å².